The first-order valence-corrected chi connectivity index (χ1v) is 6.69. The summed E-state index contributed by atoms with van der Waals surface area (Å²) in [5.41, 5.74) is 0.943. The number of allylic oxidation sites excluding steroid dienone is 1. The lowest BCUT2D eigenvalue weighted by molar-refractivity contribution is -0.275. The average molecular weight is 286 g/mol. The molecule has 0 heterocycles. The molecule has 1 atom stereocenters. The van der Waals surface area contributed by atoms with Crippen LogP contribution in [0.15, 0.2) is 35.9 Å². The minimum Gasteiger partial charge on any atom is -0.405 e. The summed E-state index contributed by atoms with van der Waals surface area (Å²) in [5, 5.41) is 10.3. The summed E-state index contributed by atoms with van der Waals surface area (Å²) in [6, 6.07) is 5.75. The summed E-state index contributed by atoms with van der Waals surface area (Å²) in [6.07, 6.45) is 0.785. The van der Waals surface area contributed by atoms with E-state index in [1.807, 2.05) is 6.08 Å². The van der Waals surface area contributed by atoms with Crippen LogP contribution in [0, 0.1) is 0 Å². The summed E-state index contributed by atoms with van der Waals surface area (Å²) in [5.74, 6) is -0.336. The van der Waals surface area contributed by atoms with Crippen LogP contribution in [0.4, 0.5) is 13.2 Å². The first kappa shape index (κ1) is 14.9. The third kappa shape index (κ3) is 4.00. The molecule has 1 unspecified atom stereocenters. The van der Waals surface area contributed by atoms with Crippen LogP contribution in [-0.4, -0.2) is 11.5 Å². The number of halogens is 3. The van der Waals surface area contributed by atoms with Crippen LogP contribution >= 0.6 is 0 Å². The van der Waals surface area contributed by atoms with E-state index in [1.165, 1.54) is 18.2 Å². The molecule has 0 bridgehead atoms. The highest BCUT2D eigenvalue weighted by molar-refractivity contribution is 5.39. The van der Waals surface area contributed by atoms with Crippen LogP contribution in [0.5, 0.6) is 5.75 Å². The van der Waals surface area contributed by atoms with Crippen LogP contribution in [0.1, 0.15) is 43.8 Å². The number of aliphatic hydroxyl groups excluding tert-OH is 1. The van der Waals surface area contributed by atoms with Gasteiger partial charge in [-0.05, 0) is 37.3 Å². The largest absolute Gasteiger partial charge is 0.573 e. The van der Waals surface area contributed by atoms with E-state index in [2.05, 4.69) is 4.74 Å². The minimum absolute atomic E-state index is 0.165. The Balaban J connectivity index is 2.25. The van der Waals surface area contributed by atoms with Crippen LogP contribution in [-0.2, 0) is 0 Å². The molecule has 0 saturated carbocycles. The van der Waals surface area contributed by atoms with Gasteiger partial charge >= 0.3 is 6.36 Å². The molecule has 20 heavy (non-hydrogen) atoms. The standard InChI is InChI=1S/C15H17F3O2/c16-15(17,18)20-13-10-6-5-9-12(13)14(19)11-7-3-1-2-4-8-11/h5-7,9-10,14,19H,1-4,8H2. The van der Waals surface area contributed by atoms with E-state index >= 15 is 0 Å². The van der Waals surface area contributed by atoms with Gasteiger partial charge in [-0.2, -0.15) is 0 Å². The van der Waals surface area contributed by atoms with Gasteiger partial charge in [0.25, 0.3) is 0 Å². The predicted octanol–water partition coefficient (Wildman–Crippen LogP) is 4.51. The third-order valence-electron chi connectivity index (χ3n) is 3.37. The summed E-state index contributed by atoms with van der Waals surface area (Å²) < 4.78 is 41.1. The normalized spacial score (nSPS) is 18.1. The Hall–Kier alpha value is -1.49. The van der Waals surface area contributed by atoms with Gasteiger partial charge in [0.15, 0.2) is 0 Å². The van der Waals surface area contributed by atoms with Crippen molar-refractivity contribution in [2.75, 3.05) is 0 Å². The van der Waals surface area contributed by atoms with Crippen molar-refractivity contribution in [1.29, 1.82) is 0 Å². The molecule has 0 aromatic heterocycles. The Morgan fingerprint density at radius 2 is 1.85 bits per heavy atom. The number of hydrogen-bond donors (Lipinski definition) is 1. The van der Waals surface area contributed by atoms with Gasteiger partial charge in [0.2, 0.25) is 0 Å². The van der Waals surface area contributed by atoms with Gasteiger partial charge in [-0.1, -0.05) is 30.7 Å². The maximum absolute atomic E-state index is 12.4. The van der Waals surface area contributed by atoms with E-state index in [-0.39, 0.29) is 11.3 Å². The number of alkyl halides is 3. The topological polar surface area (TPSA) is 29.5 Å². The third-order valence-corrected chi connectivity index (χ3v) is 3.37. The average Bonchev–Trinajstić information content (AvgIpc) is 2.65. The molecular weight excluding hydrogens is 269 g/mol. The molecule has 1 aliphatic rings. The fourth-order valence-corrected chi connectivity index (χ4v) is 2.41. The molecule has 0 amide bonds. The summed E-state index contributed by atoms with van der Waals surface area (Å²) >= 11 is 0. The molecule has 110 valence electrons. The van der Waals surface area contributed by atoms with Crippen molar-refractivity contribution in [3.8, 4) is 5.75 Å². The Labute approximate surface area is 115 Å². The zero-order valence-electron chi connectivity index (χ0n) is 11.0. The second kappa shape index (κ2) is 6.31. The zero-order valence-corrected chi connectivity index (χ0v) is 11.0. The lowest BCUT2D eigenvalue weighted by atomic mass is 9.97. The highest BCUT2D eigenvalue weighted by Crippen LogP contribution is 2.36. The van der Waals surface area contributed by atoms with E-state index in [0.717, 1.165) is 31.3 Å². The van der Waals surface area contributed by atoms with Crippen molar-refractivity contribution in [1.82, 2.24) is 0 Å². The number of rotatable bonds is 3. The molecule has 1 N–H and O–H groups in total. The first-order valence-electron chi connectivity index (χ1n) is 6.69. The summed E-state index contributed by atoms with van der Waals surface area (Å²) in [4.78, 5) is 0. The van der Waals surface area contributed by atoms with Crippen molar-refractivity contribution in [3.63, 3.8) is 0 Å². The van der Waals surface area contributed by atoms with Gasteiger partial charge in [-0.3, -0.25) is 0 Å². The molecule has 0 radical (unpaired) electrons. The molecule has 0 spiro atoms. The van der Waals surface area contributed by atoms with Crippen molar-refractivity contribution in [3.05, 3.63) is 41.5 Å². The monoisotopic (exact) mass is 286 g/mol. The number of para-hydroxylation sites is 1. The summed E-state index contributed by atoms with van der Waals surface area (Å²) in [6.45, 7) is 0. The molecule has 0 saturated heterocycles. The maximum atomic E-state index is 12.4. The first-order chi connectivity index (χ1) is 9.47. The van der Waals surface area contributed by atoms with E-state index in [0.29, 0.717) is 6.42 Å². The van der Waals surface area contributed by atoms with Crippen LogP contribution in [0.25, 0.3) is 0 Å². The highest BCUT2D eigenvalue weighted by Gasteiger charge is 2.33. The molecule has 1 aliphatic carbocycles. The quantitative estimate of drug-likeness (QED) is 0.828. The van der Waals surface area contributed by atoms with E-state index < -0.39 is 12.5 Å². The van der Waals surface area contributed by atoms with Gasteiger partial charge in [0.05, 0.1) is 0 Å². The number of hydrogen-bond acceptors (Lipinski definition) is 2. The second-order valence-electron chi connectivity index (χ2n) is 4.87. The molecule has 1 aromatic rings. The Morgan fingerprint density at radius 3 is 2.60 bits per heavy atom. The molecule has 1 aromatic carbocycles. The number of aliphatic hydroxyl groups is 1. The molecule has 0 fully saturated rings. The van der Waals surface area contributed by atoms with Crippen LogP contribution < -0.4 is 4.74 Å². The lowest BCUT2D eigenvalue weighted by Gasteiger charge is -2.19. The molecule has 5 heteroatoms. The number of ether oxygens (including phenoxy) is 1. The lowest BCUT2D eigenvalue weighted by Crippen LogP contribution is -2.19. The van der Waals surface area contributed by atoms with E-state index in [1.54, 1.807) is 6.07 Å². The Kier molecular flexibility index (Phi) is 4.70. The highest BCUT2D eigenvalue weighted by atomic mass is 19.4. The van der Waals surface area contributed by atoms with Gasteiger partial charge in [-0.25, -0.2) is 0 Å². The number of benzene rings is 1. The van der Waals surface area contributed by atoms with Gasteiger partial charge < -0.3 is 9.84 Å². The molecule has 2 nitrogen and oxygen atoms in total. The fourth-order valence-electron chi connectivity index (χ4n) is 2.41. The van der Waals surface area contributed by atoms with E-state index in [4.69, 9.17) is 0 Å². The second-order valence-corrected chi connectivity index (χ2v) is 4.87. The molecular formula is C15H17F3O2. The van der Waals surface area contributed by atoms with Crippen LogP contribution in [0.2, 0.25) is 0 Å². The SMILES string of the molecule is OC(C1=CCCCCC1)c1ccccc1OC(F)(F)F. The van der Waals surface area contributed by atoms with Crippen LogP contribution in [0.3, 0.4) is 0 Å². The van der Waals surface area contributed by atoms with Gasteiger partial charge in [0, 0.05) is 5.56 Å². The maximum Gasteiger partial charge on any atom is 0.573 e. The van der Waals surface area contributed by atoms with Gasteiger partial charge in [-0.15, -0.1) is 13.2 Å². The van der Waals surface area contributed by atoms with Crippen molar-refractivity contribution in [2.45, 2.75) is 44.6 Å². The fraction of sp³-hybridized carbons (Fsp3) is 0.467. The smallest absolute Gasteiger partial charge is 0.405 e. The molecule has 0 aliphatic heterocycles. The van der Waals surface area contributed by atoms with Crippen molar-refractivity contribution >= 4 is 0 Å². The Bertz CT molecular complexity index is 480. The Morgan fingerprint density at radius 1 is 1.10 bits per heavy atom. The van der Waals surface area contributed by atoms with Crippen molar-refractivity contribution in [2.24, 2.45) is 0 Å². The molecule has 2 rings (SSSR count). The van der Waals surface area contributed by atoms with Gasteiger partial charge in [0.1, 0.15) is 11.9 Å². The predicted molar refractivity (Wildman–Crippen MR) is 69.3 cm³/mol. The minimum atomic E-state index is -4.76. The summed E-state index contributed by atoms with van der Waals surface area (Å²) in [7, 11) is 0. The zero-order chi connectivity index (χ0) is 14.6. The van der Waals surface area contributed by atoms with E-state index in [9.17, 15) is 18.3 Å². The van der Waals surface area contributed by atoms with Crippen molar-refractivity contribution < 1.29 is 23.0 Å².